The van der Waals surface area contributed by atoms with Crippen molar-refractivity contribution in [2.24, 2.45) is 5.92 Å². The lowest BCUT2D eigenvalue weighted by atomic mass is 10.0. The van der Waals surface area contributed by atoms with Gasteiger partial charge in [0.05, 0.1) is 12.1 Å². The van der Waals surface area contributed by atoms with E-state index in [1.54, 1.807) is 38.6 Å². The monoisotopic (exact) mass is 523 g/mol. The molecule has 4 N–H and O–H groups in total. The number of rotatable bonds is 11. The van der Waals surface area contributed by atoms with E-state index in [0.717, 1.165) is 17.5 Å². The van der Waals surface area contributed by atoms with E-state index >= 15 is 0 Å². The second-order valence-corrected chi connectivity index (χ2v) is 9.51. The van der Waals surface area contributed by atoms with E-state index in [-0.39, 0.29) is 31.0 Å². The van der Waals surface area contributed by atoms with Crippen LogP contribution in [0.25, 0.3) is 11.2 Å². The zero-order valence-corrected chi connectivity index (χ0v) is 21.9. The Morgan fingerprint density at radius 3 is 2.68 bits per heavy atom. The van der Waals surface area contributed by atoms with E-state index in [2.05, 4.69) is 39.4 Å². The van der Waals surface area contributed by atoms with E-state index in [1.165, 1.54) is 21.6 Å². The van der Waals surface area contributed by atoms with Crippen molar-refractivity contribution in [1.29, 1.82) is 0 Å². The number of aromatic amines is 1. The molecule has 0 aliphatic heterocycles. The molecule has 0 saturated carbocycles. The number of aromatic nitrogens is 4. The van der Waals surface area contributed by atoms with Gasteiger partial charge in [0.2, 0.25) is 11.8 Å². The number of carbonyl (C=O) groups is 3. The van der Waals surface area contributed by atoms with Crippen LogP contribution in [0.1, 0.15) is 38.1 Å². The number of amides is 3. The predicted octanol–water partition coefficient (Wildman–Crippen LogP) is 2.37. The average Bonchev–Trinajstić information content (AvgIpc) is 3.26. The fourth-order valence-electron chi connectivity index (χ4n) is 3.85. The van der Waals surface area contributed by atoms with Gasteiger partial charge in [-0.3, -0.25) is 14.4 Å². The molecule has 0 radical (unpaired) electrons. The summed E-state index contributed by atoms with van der Waals surface area (Å²) >= 11 is 0. The van der Waals surface area contributed by atoms with Gasteiger partial charge in [-0.25, -0.2) is 14.8 Å². The number of fused-ring (bicyclic) bond motifs is 1. The van der Waals surface area contributed by atoms with E-state index in [1.807, 2.05) is 6.07 Å². The fourth-order valence-corrected chi connectivity index (χ4v) is 3.85. The number of imidazole rings is 1. The molecule has 3 amide bonds. The number of allylic oxidation sites excluding steroid dienone is 1. The second kappa shape index (κ2) is 12.7. The van der Waals surface area contributed by atoms with Gasteiger partial charge in [-0.15, -0.1) is 0 Å². The minimum atomic E-state index is -1.38. The Morgan fingerprint density at radius 1 is 1.24 bits per heavy atom. The maximum absolute atomic E-state index is 13.1. The number of carbonyl (C=O) groups excluding carboxylic acids is 2. The molecule has 12 heteroatoms. The van der Waals surface area contributed by atoms with Gasteiger partial charge in [0.25, 0.3) is 5.56 Å². The normalized spacial score (nSPS) is 12.1. The Kier molecular flexibility index (Phi) is 9.36. The summed E-state index contributed by atoms with van der Waals surface area (Å²) in [4.78, 5) is 62.3. The van der Waals surface area contributed by atoms with Crippen LogP contribution in [0, 0.1) is 5.92 Å². The van der Waals surface area contributed by atoms with Gasteiger partial charge in [0.1, 0.15) is 17.6 Å². The Hall–Kier alpha value is -4.48. The van der Waals surface area contributed by atoms with Crippen LogP contribution in [-0.2, 0) is 22.6 Å². The molecule has 3 aromatic rings. The Morgan fingerprint density at radius 2 is 2.00 bits per heavy atom. The summed E-state index contributed by atoms with van der Waals surface area (Å²) in [6, 6.07) is 3.88. The SMILES string of the molecule is CC(C)Cc1ccnc2nc(Cn3cccc(NC(=O)C(CCC=CC(=O)N(C)C)NC(=O)O)c3=O)[nH]c12. The van der Waals surface area contributed by atoms with Crippen molar-refractivity contribution >= 4 is 34.8 Å². The molecule has 0 spiro atoms. The molecule has 3 aromatic heterocycles. The third-order valence-corrected chi connectivity index (χ3v) is 5.69. The molecule has 12 nitrogen and oxygen atoms in total. The van der Waals surface area contributed by atoms with Gasteiger partial charge in [0.15, 0.2) is 5.65 Å². The standard InChI is InChI=1S/C26H33N7O5/c1-16(2)14-17-11-12-27-23-22(17)30-20(31-23)15-33-13-7-9-19(25(33)36)28-24(35)18(29-26(37)38)8-5-6-10-21(34)32(3)4/h6-7,9-13,16,18,29H,5,8,14-15H2,1-4H3,(H,28,35)(H,37,38)(H,27,30,31). The van der Waals surface area contributed by atoms with Gasteiger partial charge in [-0.2, -0.15) is 0 Å². The maximum atomic E-state index is 13.1. The van der Waals surface area contributed by atoms with Crippen LogP contribution in [0.4, 0.5) is 10.5 Å². The maximum Gasteiger partial charge on any atom is 0.405 e. The minimum Gasteiger partial charge on any atom is -0.465 e. The van der Waals surface area contributed by atoms with Crippen LogP contribution in [0.3, 0.4) is 0 Å². The molecule has 0 bridgehead atoms. The van der Waals surface area contributed by atoms with Crippen LogP contribution in [0.2, 0.25) is 0 Å². The number of carboxylic acid groups (broad SMARTS) is 1. The molecular weight excluding hydrogens is 490 g/mol. The fraction of sp³-hybridized carbons (Fsp3) is 0.385. The van der Waals surface area contributed by atoms with Crippen molar-refractivity contribution in [2.45, 2.75) is 45.7 Å². The van der Waals surface area contributed by atoms with Crippen LogP contribution in [0.5, 0.6) is 0 Å². The molecule has 0 saturated heterocycles. The molecule has 3 rings (SSSR count). The van der Waals surface area contributed by atoms with E-state index in [4.69, 9.17) is 5.11 Å². The Balaban J connectivity index is 1.74. The van der Waals surface area contributed by atoms with E-state index in [0.29, 0.717) is 17.4 Å². The number of nitrogens with one attached hydrogen (secondary N) is 3. The minimum absolute atomic E-state index is 0.00255. The van der Waals surface area contributed by atoms with Gasteiger partial charge >= 0.3 is 6.09 Å². The summed E-state index contributed by atoms with van der Waals surface area (Å²) in [5.74, 6) is 0.0873. The molecular formula is C26H33N7O5. The lowest BCUT2D eigenvalue weighted by molar-refractivity contribution is -0.123. The van der Waals surface area contributed by atoms with Crippen molar-refractivity contribution in [3.05, 3.63) is 64.5 Å². The second-order valence-electron chi connectivity index (χ2n) is 9.51. The highest BCUT2D eigenvalue weighted by molar-refractivity contribution is 5.96. The molecule has 0 fully saturated rings. The summed E-state index contributed by atoms with van der Waals surface area (Å²) in [6.07, 6.45) is 6.06. The molecule has 3 heterocycles. The first-order chi connectivity index (χ1) is 18.0. The number of pyridine rings is 2. The summed E-state index contributed by atoms with van der Waals surface area (Å²) in [5, 5.41) is 13.8. The van der Waals surface area contributed by atoms with Gasteiger partial charge < -0.3 is 30.2 Å². The molecule has 38 heavy (non-hydrogen) atoms. The summed E-state index contributed by atoms with van der Waals surface area (Å²) in [7, 11) is 3.22. The van der Waals surface area contributed by atoms with Crippen molar-refractivity contribution < 1.29 is 19.5 Å². The number of nitrogens with zero attached hydrogens (tertiary/aromatic N) is 4. The number of likely N-dealkylation sites (N-methyl/N-ethyl adjacent to an activating group) is 1. The zero-order chi connectivity index (χ0) is 27.8. The number of hydrogen-bond acceptors (Lipinski definition) is 6. The molecule has 202 valence electrons. The highest BCUT2D eigenvalue weighted by Crippen LogP contribution is 2.18. The Bertz CT molecular complexity index is 1390. The quantitative estimate of drug-likeness (QED) is 0.280. The summed E-state index contributed by atoms with van der Waals surface area (Å²) in [5.41, 5.74) is 2.03. The lowest BCUT2D eigenvalue weighted by Gasteiger charge is -2.16. The van der Waals surface area contributed by atoms with Crippen LogP contribution >= 0.6 is 0 Å². The summed E-state index contributed by atoms with van der Waals surface area (Å²) in [6.45, 7) is 4.38. The third kappa shape index (κ3) is 7.51. The number of H-pyrrole nitrogens is 1. The smallest absolute Gasteiger partial charge is 0.405 e. The molecule has 1 atom stereocenters. The van der Waals surface area contributed by atoms with Gasteiger partial charge in [0, 0.05) is 26.5 Å². The first kappa shape index (κ1) is 28.1. The van der Waals surface area contributed by atoms with Crippen LogP contribution in [0.15, 0.2) is 47.5 Å². The highest BCUT2D eigenvalue weighted by Gasteiger charge is 2.21. The largest absolute Gasteiger partial charge is 0.465 e. The predicted molar refractivity (Wildman–Crippen MR) is 143 cm³/mol. The van der Waals surface area contributed by atoms with Crippen molar-refractivity contribution in [3.8, 4) is 0 Å². The molecule has 1 unspecified atom stereocenters. The molecule has 0 aromatic carbocycles. The average molecular weight is 524 g/mol. The summed E-state index contributed by atoms with van der Waals surface area (Å²) < 4.78 is 1.39. The first-order valence-electron chi connectivity index (χ1n) is 12.2. The van der Waals surface area contributed by atoms with Gasteiger partial charge in [-0.1, -0.05) is 19.9 Å². The zero-order valence-electron chi connectivity index (χ0n) is 21.9. The lowest BCUT2D eigenvalue weighted by Crippen LogP contribution is -2.44. The van der Waals surface area contributed by atoms with Crippen LogP contribution < -0.4 is 16.2 Å². The molecule has 0 aliphatic rings. The Labute approximate surface area is 219 Å². The third-order valence-electron chi connectivity index (χ3n) is 5.69. The van der Waals surface area contributed by atoms with Crippen molar-refractivity contribution in [2.75, 3.05) is 19.4 Å². The topological polar surface area (TPSA) is 162 Å². The van der Waals surface area contributed by atoms with Gasteiger partial charge in [-0.05, 0) is 55.0 Å². The first-order valence-corrected chi connectivity index (χ1v) is 12.2. The highest BCUT2D eigenvalue weighted by atomic mass is 16.4. The number of anilines is 1. The van der Waals surface area contributed by atoms with Crippen molar-refractivity contribution in [1.82, 2.24) is 29.7 Å². The molecule has 0 aliphatic carbocycles. The van der Waals surface area contributed by atoms with Crippen molar-refractivity contribution in [3.63, 3.8) is 0 Å². The van der Waals surface area contributed by atoms with E-state index in [9.17, 15) is 19.2 Å². The number of hydrogen-bond donors (Lipinski definition) is 4. The van der Waals surface area contributed by atoms with E-state index < -0.39 is 23.6 Å². The van der Waals surface area contributed by atoms with Crippen LogP contribution in [-0.4, -0.2) is 67.6 Å².